The monoisotopic (exact) mass is 329 g/mol. The summed E-state index contributed by atoms with van der Waals surface area (Å²) in [6.45, 7) is 2.50. The highest BCUT2D eigenvalue weighted by molar-refractivity contribution is 5.78. The van der Waals surface area contributed by atoms with Crippen LogP contribution in [-0.4, -0.2) is 42.5 Å². The lowest BCUT2D eigenvalue weighted by atomic mass is 9.97. The summed E-state index contributed by atoms with van der Waals surface area (Å²) < 4.78 is 0. The lowest BCUT2D eigenvalue weighted by Gasteiger charge is -2.23. The second-order valence-corrected chi connectivity index (χ2v) is 7.34. The fraction of sp³-hybridized carbons (Fsp3) is 0.650. The van der Waals surface area contributed by atoms with Gasteiger partial charge in [0.15, 0.2) is 0 Å². The molecule has 1 amide bonds. The van der Waals surface area contributed by atoms with Gasteiger partial charge in [-0.15, -0.1) is 0 Å². The van der Waals surface area contributed by atoms with Crippen molar-refractivity contribution in [2.45, 2.75) is 63.5 Å². The average molecular weight is 329 g/mol. The van der Waals surface area contributed by atoms with E-state index < -0.39 is 0 Å². The van der Waals surface area contributed by atoms with E-state index in [-0.39, 0.29) is 5.91 Å². The van der Waals surface area contributed by atoms with Crippen molar-refractivity contribution in [2.24, 2.45) is 0 Å². The number of para-hydroxylation sites is 1. The van der Waals surface area contributed by atoms with Gasteiger partial charge in [-0.05, 0) is 31.4 Å². The topological polar surface area (TPSA) is 44.4 Å². The van der Waals surface area contributed by atoms with Crippen LogP contribution in [0.25, 0.3) is 0 Å². The molecule has 4 nitrogen and oxygen atoms in total. The number of rotatable bonds is 5. The van der Waals surface area contributed by atoms with Crippen LogP contribution in [0, 0.1) is 0 Å². The van der Waals surface area contributed by atoms with Crippen molar-refractivity contribution in [3.8, 4) is 0 Å². The van der Waals surface area contributed by atoms with Gasteiger partial charge >= 0.3 is 0 Å². The predicted octanol–water partition coefficient (Wildman–Crippen LogP) is 3.40. The molecule has 0 unspecified atom stereocenters. The summed E-state index contributed by atoms with van der Waals surface area (Å²) in [5.74, 6) is 0.209. The lowest BCUT2D eigenvalue weighted by molar-refractivity contribution is -0.122. The molecule has 0 bridgehead atoms. The minimum absolute atomic E-state index is 0.209. The Hall–Kier alpha value is -1.55. The van der Waals surface area contributed by atoms with Crippen molar-refractivity contribution in [1.29, 1.82) is 0 Å². The molecule has 2 N–H and O–H groups in total. The van der Waals surface area contributed by atoms with E-state index in [9.17, 15) is 4.79 Å². The summed E-state index contributed by atoms with van der Waals surface area (Å²) in [4.78, 5) is 14.6. The summed E-state index contributed by atoms with van der Waals surface area (Å²) >= 11 is 0. The van der Waals surface area contributed by atoms with Gasteiger partial charge in [-0.3, -0.25) is 9.69 Å². The van der Waals surface area contributed by atoms with E-state index in [2.05, 4.69) is 39.8 Å². The first-order valence-electron chi connectivity index (χ1n) is 9.63. The van der Waals surface area contributed by atoms with Crippen LogP contribution in [0.2, 0.25) is 0 Å². The first kappa shape index (κ1) is 17.3. The summed E-state index contributed by atoms with van der Waals surface area (Å²) in [5, 5.41) is 6.84. The Labute approximate surface area is 146 Å². The van der Waals surface area contributed by atoms with Crippen molar-refractivity contribution in [2.75, 3.05) is 25.0 Å². The van der Waals surface area contributed by atoms with Crippen LogP contribution in [0.15, 0.2) is 30.3 Å². The maximum Gasteiger partial charge on any atom is 0.234 e. The van der Waals surface area contributed by atoms with E-state index in [4.69, 9.17) is 0 Å². The Morgan fingerprint density at radius 2 is 1.67 bits per heavy atom. The maximum atomic E-state index is 12.4. The minimum atomic E-state index is 0.209. The van der Waals surface area contributed by atoms with Gasteiger partial charge in [-0.25, -0.2) is 0 Å². The largest absolute Gasteiger partial charge is 0.381 e. The first-order chi connectivity index (χ1) is 11.8. The van der Waals surface area contributed by atoms with Crippen molar-refractivity contribution >= 4 is 11.6 Å². The molecule has 3 rings (SSSR count). The van der Waals surface area contributed by atoms with E-state index in [1.54, 1.807) is 0 Å². The highest BCUT2D eigenvalue weighted by atomic mass is 16.2. The smallest absolute Gasteiger partial charge is 0.234 e. The van der Waals surface area contributed by atoms with Crippen LogP contribution in [0.4, 0.5) is 5.69 Å². The molecule has 1 atom stereocenters. The second-order valence-electron chi connectivity index (χ2n) is 7.34. The number of likely N-dealkylation sites (tertiary alicyclic amines) is 1. The van der Waals surface area contributed by atoms with Crippen molar-refractivity contribution < 1.29 is 4.79 Å². The van der Waals surface area contributed by atoms with E-state index in [0.29, 0.717) is 18.6 Å². The second kappa shape index (κ2) is 9.07. The van der Waals surface area contributed by atoms with Crippen molar-refractivity contribution in [3.63, 3.8) is 0 Å². The van der Waals surface area contributed by atoms with Crippen LogP contribution < -0.4 is 10.6 Å². The number of anilines is 1. The van der Waals surface area contributed by atoms with Gasteiger partial charge in [-0.1, -0.05) is 50.3 Å². The number of benzene rings is 1. The van der Waals surface area contributed by atoms with Crippen LogP contribution in [0.5, 0.6) is 0 Å². The van der Waals surface area contributed by atoms with Gasteiger partial charge in [-0.2, -0.15) is 0 Å². The molecule has 0 spiro atoms. The first-order valence-corrected chi connectivity index (χ1v) is 9.63. The van der Waals surface area contributed by atoms with E-state index >= 15 is 0 Å². The Balaban J connectivity index is 1.39. The number of hydrogen-bond acceptors (Lipinski definition) is 3. The number of nitrogens with zero attached hydrogens (tertiary/aromatic N) is 1. The molecule has 2 fully saturated rings. The van der Waals surface area contributed by atoms with Crippen molar-refractivity contribution in [3.05, 3.63) is 30.3 Å². The van der Waals surface area contributed by atoms with Crippen molar-refractivity contribution in [1.82, 2.24) is 10.2 Å². The summed E-state index contributed by atoms with van der Waals surface area (Å²) in [6, 6.07) is 11.2. The molecule has 0 radical (unpaired) electrons. The number of amides is 1. The minimum Gasteiger partial charge on any atom is -0.381 e. The fourth-order valence-electron chi connectivity index (χ4n) is 3.94. The fourth-order valence-corrected chi connectivity index (χ4v) is 3.94. The van der Waals surface area contributed by atoms with Crippen LogP contribution in [-0.2, 0) is 4.79 Å². The molecule has 1 heterocycles. The highest BCUT2D eigenvalue weighted by Gasteiger charge is 2.24. The van der Waals surface area contributed by atoms with Gasteiger partial charge < -0.3 is 10.6 Å². The maximum absolute atomic E-state index is 12.4. The predicted molar refractivity (Wildman–Crippen MR) is 99.2 cm³/mol. The number of carbonyl (C=O) groups excluding carboxylic acids is 1. The standard InChI is InChI=1S/C20H31N3O/c24-20(22-18-11-5-2-1-3-6-12-18)16-23-14-13-19(15-23)21-17-9-7-4-8-10-17/h4,7-10,18-19,21H,1-3,5-6,11-16H2,(H,22,24)/t19-/m0/s1. The third-order valence-corrected chi connectivity index (χ3v) is 5.25. The number of hydrogen-bond donors (Lipinski definition) is 2. The highest BCUT2D eigenvalue weighted by Crippen LogP contribution is 2.18. The summed E-state index contributed by atoms with van der Waals surface area (Å²) in [7, 11) is 0. The molecule has 0 aromatic heterocycles. The van der Waals surface area contributed by atoms with Gasteiger partial charge in [0.1, 0.15) is 0 Å². The molecular weight excluding hydrogens is 298 g/mol. The van der Waals surface area contributed by atoms with Crippen LogP contribution in [0.1, 0.15) is 51.4 Å². The van der Waals surface area contributed by atoms with E-state index in [1.165, 1.54) is 37.8 Å². The average Bonchev–Trinajstić information content (AvgIpc) is 2.98. The normalized spacial score (nSPS) is 23.4. The molecule has 2 aliphatic rings. The Morgan fingerprint density at radius 3 is 2.42 bits per heavy atom. The van der Waals surface area contributed by atoms with Gasteiger partial charge in [0.2, 0.25) is 5.91 Å². The molecule has 4 heteroatoms. The molecule has 1 aliphatic carbocycles. The van der Waals surface area contributed by atoms with E-state index in [0.717, 1.165) is 32.4 Å². The lowest BCUT2D eigenvalue weighted by Crippen LogP contribution is -2.42. The molecule has 1 aromatic carbocycles. The zero-order valence-electron chi connectivity index (χ0n) is 14.7. The van der Waals surface area contributed by atoms with E-state index in [1.807, 2.05) is 6.07 Å². The molecular formula is C20H31N3O. The molecule has 1 saturated carbocycles. The Bertz CT molecular complexity index is 497. The SMILES string of the molecule is O=C(CN1CC[C@H](Nc2ccccc2)C1)NC1CCCCCCC1. The zero-order valence-corrected chi connectivity index (χ0v) is 14.7. The quantitative estimate of drug-likeness (QED) is 0.870. The molecule has 1 aromatic rings. The molecule has 24 heavy (non-hydrogen) atoms. The molecule has 132 valence electrons. The third-order valence-electron chi connectivity index (χ3n) is 5.25. The third kappa shape index (κ3) is 5.52. The molecule has 1 saturated heterocycles. The molecule has 1 aliphatic heterocycles. The number of nitrogens with one attached hydrogen (secondary N) is 2. The van der Waals surface area contributed by atoms with Gasteiger partial charge in [0.25, 0.3) is 0 Å². The van der Waals surface area contributed by atoms with Gasteiger partial charge in [0.05, 0.1) is 6.54 Å². The van der Waals surface area contributed by atoms with Crippen LogP contribution >= 0.6 is 0 Å². The summed E-state index contributed by atoms with van der Waals surface area (Å²) in [6.07, 6.45) is 9.95. The zero-order chi connectivity index (χ0) is 16.6. The van der Waals surface area contributed by atoms with Gasteiger partial charge in [0, 0.05) is 30.9 Å². The Morgan fingerprint density at radius 1 is 0.958 bits per heavy atom. The summed E-state index contributed by atoms with van der Waals surface area (Å²) in [5.41, 5.74) is 1.17. The Kier molecular flexibility index (Phi) is 6.53. The van der Waals surface area contributed by atoms with Crippen LogP contribution in [0.3, 0.4) is 0 Å². The number of carbonyl (C=O) groups is 1.